The number of benzene rings is 2. The van der Waals surface area contributed by atoms with Gasteiger partial charge in [-0.3, -0.25) is 10.4 Å². The molecule has 1 aliphatic heterocycles. The lowest BCUT2D eigenvalue weighted by Gasteiger charge is -2.25. The van der Waals surface area contributed by atoms with Crippen LogP contribution < -0.4 is 10.7 Å². The van der Waals surface area contributed by atoms with Gasteiger partial charge in [0, 0.05) is 70.6 Å². The summed E-state index contributed by atoms with van der Waals surface area (Å²) < 4.78 is 49.3. The normalized spacial score (nSPS) is 13.4. The van der Waals surface area contributed by atoms with E-state index in [4.69, 9.17) is 4.98 Å². The third kappa shape index (κ3) is 10.5. The first-order valence-electron chi connectivity index (χ1n) is 15.9. The number of aromatic nitrogens is 2. The number of hydrogen-bond acceptors (Lipinski definition) is 7. The molecule has 0 atom stereocenters. The van der Waals surface area contributed by atoms with Crippen LogP contribution in [0.4, 0.5) is 23.4 Å². The van der Waals surface area contributed by atoms with Crippen molar-refractivity contribution >= 4 is 36.4 Å². The van der Waals surface area contributed by atoms with Crippen molar-refractivity contribution in [3.05, 3.63) is 143 Å². The molecule has 0 spiro atoms. The molecule has 6 nitrogen and oxygen atoms in total. The van der Waals surface area contributed by atoms with Gasteiger partial charge in [-0.05, 0) is 74.6 Å². The van der Waals surface area contributed by atoms with E-state index in [-0.39, 0.29) is 6.07 Å². The topological polar surface area (TPSA) is 65.4 Å². The van der Waals surface area contributed by atoms with Crippen LogP contribution in [0.25, 0.3) is 11.8 Å². The molecule has 0 fully saturated rings. The average molecular weight is 689 g/mol. The Kier molecular flexibility index (Phi) is 13.6. The zero-order valence-electron chi connectivity index (χ0n) is 27.6. The van der Waals surface area contributed by atoms with E-state index in [0.717, 1.165) is 91.0 Å². The van der Waals surface area contributed by atoms with Crippen molar-refractivity contribution < 1.29 is 17.6 Å². The van der Waals surface area contributed by atoms with E-state index in [0.29, 0.717) is 5.82 Å². The second kappa shape index (κ2) is 18.0. The Morgan fingerprint density at radius 2 is 1.80 bits per heavy atom. The first-order chi connectivity index (χ1) is 23.6. The fraction of sp³-hybridized carbons (Fsp3) is 0.237. The standard InChI is InChI=1S/C31H36N6S.C7H4F4/c1-4-28-15-13-25-10-7-19-37(23(2)12-16-29(25)35-28)20-8-18-32-24(3)26-14-17-31(33-21-26)36-34-22-27-9-5-6-11-30(27)38;1-3-6(10)4(8)2-5(9)7(3)11/h5-6,9,11-17,21-22,32,38H,2-4,7-8,10,18-20H2,1H3,(H,33,36);2H,1H3/b16-12+,34-22+;. The van der Waals surface area contributed by atoms with Crippen LogP contribution in [0.15, 0.2) is 95.7 Å². The van der Waals surface area contributed by atoms with Crippen LogP contribution in [0, 0.1) is 30.2 Å². The van der Waals surface area contributed by atoms with Gasteiger partial charge in [-0.25, -0.2) is 22.5 Å². The summed E-state index contributed by atoms with van der Waals surface area (Å²) in [5.74, 6) is -4.77. The molecular formula is C38H40F4N6S. The fourth-order valence-corrected chi connectivity index (χ4v) is 5.16. The largest absolute Gasteiger partial charge is 0.385 e. The molecule has 0 bridgehead atoms. The number of aryl methyl sites for hydroxylation is 2. The van der Waals surface area contributed by atoms with Gasteiger partial charge in [0.1, 0.15) is 5.82 Å². The van der Waals surface area contributed by atoms with E-state index >= 15 is 0 Å². The summed E-state index contributed by atoms with van der Waals surface area (Å²) in [6.45, 7) is 14.3. The van der Waals surface area contributed by atoms with Crippen molar-refractivity contribution in [3.63, 3.8) is 0 Å². The third-order valence-electron chi connectivity index (χ3n) is 7.85. The minimum Gasteiger partial charge on any atom is -0.385 e. The van der Waals surface area contributed by atoms with E-state index < -0.39 is 28.8 Å². The molecule has 0 radical (unpaired) electrons. The van der Waals surface area contributed by atoms with Crippen molar-refractivity contribution in [1.29, 1.82) is 0 Å². The van der Waals surface area contributed by atoms with Crippen LogP contribution in [0.1, 0.15) is 53.4 Å². The van der Waals surface area contributed by atoms with Crippen molar-refractivity contribution in [2.24, 2.45) is 5.10 Å². The molecule has 0 aliphatic carbocycles. The zero-order chi connectivity index (χ0) is 35.3. The molecule has 4 aromatic rings. The van der Waals surface area contributed by atoms with Gasteiger partial charge in [-0.1, -0.05) is 44.3 Å². The van der Waals surface area contributed by atoms with Crippen LogP contribution in [-0.2, 0) is 12.8 Å². The number of allylic oxidation sites excluding steroid dienone is 1. The van der Waals surface area contributed by atoms with E-state index in [2.05, 4.69) is 82.7 Å². The summed E-state index contributed by atoms with van der Waals surface area (Å²) in [4.78, 5) is 12.5. The third-order valence-corrected chi connectivity index (χ3v) is 8.26. The summed E-state index contributed by atoms with van der Waals surface area (Å²) in [7, 11) is 0. The summed E-state index contributed by atoms with van der Waals surface area (Å²) in [5, 5.41) is 7.69. The first-order valence-corrected chi connectivity index (χ1v) is 16.4. The van der Waals surface area contributed by atoms with Crippen molar-refractivity contribution in [2.45, 2.75) is 44.4 Å². The maximum atomic E-state index is 12.4. The molecule has 1 aliphatic rings. The molecule has 49 heavy (non-hydrogen) atoms. The number of nitrogens with zero attached hydrogens (tertiary/aromatic N) is 4. The summed E-state index contributed by atoms with van der Waals surface area (Å²) in [5.41, 5.74) is 9.63. The number of rotatable bonds is 10. The molecule has 11 heteroatoms. The maximum Gasteiger partial charge on any atom is 0.164 e. The van der Waals surface area contributed by atoms with Crippen molar-refractivity contribution in [2.75, 3.05) is 25.1 Å². The molecule has 2 aromatic carbocycles. The molecule has 2 N–H and O–H groups in total. The minimum absolute atomic E-state index is 0.178. The molecule has 256 valence electrons. The highest BCUT2D eigenvalue weighted by Crippen LogP contribution is 2.20. The fourth-order valence-electron chi connectivity index (χ4n) is 4.95. The van der Waals surface area contributed by atoms with Gasteiger partial charge in [0.15, 0.2) is 23.3 Å². The van der Waals surface area contributed by atoms with E-state index in [9.17, 15) is 17.6 Å². The van der Waals surface area contributed by atoms with Crippen LogP contribution in [0.5, 0.6) is 0 Å². The van der Waals surface area contributed by atoms with E-state index in [1.165, 1.54) is 5.56 Å². The van der Waals surface area contributed by atoms with Crippen molar-refractivity contribution in [1.82, 2.24) is 20.2 Å². The SMILES string of the molecule is C=C(NCCCN1CCCc2ccc(CC)nc2/C=C/C1=C)c1ccc(N/N=C/c2ccccc2S)nc1.Cc1c(F)c(F)cc(F)c1F. The molecule has 0 saturated carbocycles. The number of fused-ring (bicyclic) bond motifs is 1. The van der Waals surface area contributed by atoms with E-state index in [1.54, 1.807) is 12.4 Å². The zero-order valence-corrected chi connectivity index (χ0v) is 28.5. The van der Waals surface area contributed by atoms with E-state index in [1.807, 2.05) is 36.4 Å². The van der Waals surface area contributed by atoms with Gasteiger partial charge in [-0.2, -0.15) is 5.10 Å². The molecule has 2 aromatic heterocycles. The Hall–Kier alpha value is -4.90. The van der Waals surface area contributed by atoms with Gasteiger partial charge in [-0.15, -0.1) is 12.6 Å². The Labute approximate surface area is 290 Å². The number of hydrazone groups is 1. The van der Waals surface area contributed by atoms with Crippen LogP contribution in [0.2, 0.25) is 0 Å². The number of pyridine rings is 2. The van der Waals surface area contributed by atoms with Crippen LogP contribution >= 0.6 is 12.6 Å². The molecule has 3 heterocycles. The highest BCUT2D eigenvalue weighted by molar-refractivity contribution is 7.80. The Morgan fingerprint density at radius 3 is 2.49 bits per heavy atom. The minimum atomic E-state index is -1.37. The molecular weight excluding hydrogens is 649 g/mol. The Morgan fingerprint density at radius 1 is 1.04 bits per heavy atom. The monoisotopic (exact) mass is 688 g/mol. The lowest BCUT2D eigenvalue weighted by Crippen LogP contribution is -2.27. The van der Waals surface area contributed by atoms with Gasteiger partial charge in [0.2, 0.25) is 0 Å². The highest BCUT2D eigenvalue weighted by Gasteiger charge is 2.15. The highest BCUT2D eigenvalue weighted by atomic mass is 32.1. The van der Waals surface area contributed by atoms with Gasteiger partial charge in [0.25, 0.3) is 0 Å². The van der Waals surface area contributed by atoms with Crippen LogP contribution in [0.3, 0.4) is 0 Å². The number of nitrogens with one attached hydrogen (secondary N) is 2. The molecule has 0 saturated heterocycles. The van der Waals surface area contributed by atoms with Crippen molar-refractivity contribution in [3.8, 4) is 0 Å². The summed E-state index contributed by atoms with van der Waals surface area (Å²) >= 11 is 4.43. The number of hydrogen-bond donors (Lipinski definition) is 3. The second-order valence-electron chi connectivity index (χ2n) is 11.3. The smallest absolute Gasteiger partial charge is 0.164 e. The molecule has 0 unspecified atom stereocenters. The Balaban J connectivity index is 0.000000418. The number of anilines is 1. The van der Waals surface area contributed by atoms with Crippen LogP contribution in [-0.4, -0.2) is 40.7 Å². The van der Waals surface area contributed by atoms with Gasteiger partial charge >= 0.3 is 0 Å². The lowest BCUT2D eigenvalue weighted by molar-refractivity contribution is 0.345. The lowest BCUT2D eigenvalue weighted by atomic mass is 10.1. The predicted octanol–water partition coefficient (Wildman–Crippen LogP) is 8.75. The summed E-state index contributed by atoms with van der Waals surface area (Å²) in [6.07, 6.45) is 11.8. The molecule has 5 rings (SSSR count). The molecule has 0 amide bonds. The first kappa shape index (κ1) is 36.9. The summed E-state index contributed by atoms with van der Waals surface area (Å²) in [6, 6.07) is 16.2. The number of halogens is 4. The van der Waals surface area contributed by atoms with Gasteiger partial charge < -0.3 is 10.2 Å². The predicted molar refractivity (Wildman–Crippen MR) is 193 cm³/mol. The number of thiol groups is 1. The quantitative estimate of drug-likeness (QED) is 0.0389. The Bertz CT molecular complexity index is 1800. The second-order valence-corrected chi connectivity index (χ2v) is 11.8. The average Bonchev–Trinajstić information content (AvgIpc) is 3.18. The maximum absolute atomic E-state index is 12.4. The van der Waals surface area contributed by atoms with Gasteiger partial charge in [0.05, 0.1) is 11.9 Å².